The van der Waals surface area contributed by atoms with E-state index in [9.17, 15) is 0 Å². The van der Waals surface area contributed by atoms with Gasteiger partial charge in [0.2, 0.25) is 0 Å². The van der Waals surface area contributed by atoms with Crippen LogP contribution in [0.5, 0.6) is 0 Å². The molecule has 23 heavy (non-hydrogen) atoms. The Kier molecular flexibility index (Phi) is 4.54. The van der Waals surface area contributed by atoms with Crippen LogP contribution in [0.3, 0.4) is 0 Å². The maximum Gasteiger partial charge on any atom is -0.00586 e. The second-order valence-electron chi connectivity index (χ2n) is 8.59. The highest BCUT2D eigenvalue weighted by Gasteiger charge is 2.35. The Bertz CT molecular complexity index is 642. The quantitative estimate of drug-likeness (QED) is 0.580. The molecule has 0 spiro atoms. The fourth-order valence-corrected chi connectivity index (χ4v) is 4.54. The minimum absolute atomic E-state index is 0.468. The second-order valence-corrected chi connectivity index (χ2v) is 8.59. The first kappa shape index (κ1) is 16.6. The van der Waals surface area contributed by atoms with Crippen molar-refractivity contribution in [1.82, 2.24) is 0 Å². The van der Waals surface area contributed by atoms with Crippen molar-refractivity contribution in [3.05, 3.63) is 58.2 Å². The normalized spacial score (nSPS) is 26.8. The van der Waals surface area contributed by atoms with Crippen molar-refractivity contribution >= 4 is 0 Å². The Balaban J connectivity index is 1.91. The van der Waals surface area contributed by atoms with E-state index in [0.29, 0.717) is 11.3 Å². The molecule has 124 valence electrons. The van der Waals surface area contributed by atoms with E-state index in [1.807, 2.05) is 0 Å². The average molecular weight is 309 g/mol. The SMILES string of the molecule is Cc1ccc(CC2=CC3=CCCC(C)(C)C3CCC2C)c(C)c1. The van der Waals surface area contributed by atoms with Crippen LogP contribution in [0.4, 0.5) is 0 Å². The minimum atomic E-state index is 0.468. The number of hydrogen-bond donors (Lipinski definition) is 0. The molecule has 2 atom stereocenters. The Hall–Kier alpha value is -1.30. The van der Waals surface area contributed by atoms with E-state index in [1.165, 1.54) is 42.4 Å². The first-order valence-corrected chi connectivity index (χ1v) is 9.33. The van der Waals surface area contributed by atoms with E-state index in [1.54, 1.807) is 11.1 Å². The molecule has 2 aliphatic carbocycles. The standard InChI is InChI=1S/C23H32/c1-16-8-10-19(18(3)13-16)14-21-15-20-7-6-12-23(4,5)22(20)11-9-17(21)2/h7-8,10,13,15,17,22H,6,9,11-12,14H2,1-5H3. The molecule has 2 aliphatic rings. The van der Waals surface area contributed by atoms with Crippen LogP contribution in [-0.2, 0) is 6.42 Å². The van der Waals surface area contributed by atoms with Gasteiger partial charge in [-0.15, -0.1) is 0 Å². The van der Waals surface area contributed by atoms with Crippen LogP contribution in [0.15, 0.2) is 41.5 Å². The molecule has 0 saturated carbocycles. The summed E-state index contributed by atoms with van der Waals surface area (Å²) >= 11 is 0. The van der Waals surface area contributed by atoms with Gasteiger partial charge in [0, 0.05) is 0 Å². The minimum Gasteiger partial charge on any atom is -0.0810 e. The summed E-state index contributed by atoms with van der Waals surface area (Å²) < 4.78 is 0. The summed E-state index contributed by atoms with van der Waals surface area (Å²) in [4.78, 5) is 0. The van der Waals surface area contributed by atoms with E-state index in [-0.39, 0.29) is 0 Å². The van der Waals surface area contributed by atoms with E-state index in [4.69, 9.17) is 0 Å². The summed E-state index contributed by atoms with van der Waals surface area (Å²) in [6, 6.07) is 6.92. The summed E-state index contributed by atoms with van der Waals surface area (Å²) in [5.41, 5.74) is 8.05. The lowest BCUT2D eigenvalue weighted by Gasteiger charge is -2.38. The summed E-state index contributed by atoms with van der Waals surface area (Å²) in [5, 5.41) is 0. The highest BCUT2D eigenvalue weighted by atomic mass is 14.4. The van der Waals surface area contributed by atoms with Crippen LogP contribution in [0.1, 0.15) is 63.1 Å². The molecule has 0 heterocycles. The van der Waals surface area contributed by atoms with Gasteiger partial charge >= 0.3 is 0 Å². The first-order chi connectivity index (χ1) is 10.9. The van der Waals surface area contributed by atoms with Crippen LogP contribution in [0.2, 0.25) is 0 Å². The lowest BCUT2D eigenvalue weighted by atomic mass is 9.67. The fraction of sp³-hybridized carbons (Fsp3) is 0.565. The van der Waals surface area contributed by atoms with E-state index < -0.39 is 0 Å². The largest absolute Gasteiger partial charge is 0.0810 e. The summed E-state index contributed by atoms with van der Waals surface area (Å²) in [5.74, 6) is 1.47. The van der Waals surface area contributed by atoms with E-state index in [2.05, 4.69) is 65.0 Å². The van der Waals surface area contributed by atoms with Gasteiger partial charge in [0.05, 0.1) is 0 Å². The van der Waals surface area contributed by atoms with Crippen LogP contribution >= 0.6 is 0 Å². The number of allylic oxidation sites excluding steroid dienone is 4. The molecule has 0 fully saturated rings. The Morgan fingerprint density at radius 3 is 2.65 bits per heavy atom. The van der Waals surface area contributed by atoms with Gasteiger partial charge < -0.3 is 0 Å². The monoisotopic (exact) mass is 308 g/mol. The zero-order chi connectivity index (χ0) is 16.6. The highest BCUT2D eigenvalue weighted by Crippen LogP contribution is 2.47. The molecule has 0 nitrogen and oxygen atoms in total. The molecule has 2 unspecified atom stereocenters. The molecule has 0 aromatic heterocycles. The van der Waals surface area contributed by atoms with Crippen molar-refractivity contribution in [2.45, 2.75) is 66.7 Å². The molecule has 1 aromatic rings. The number of rotatable bonds is 2. The second kappa shape index (κ2) is 6.30. The maximum absolute atomic E-state index is 2.57. The van der Waals surface area contributed by atoms with Gasteiger partial charge in [-0.2, -0.15) is 0 Å². The van der Waals surface area contributed by atoms with Crippen molar-refractivity contribution in [3.63, 3.8) is 0 Å². The smallest absolute Gasteiger partial charge is 0.00586 e. The number of hydrogen-bond acceptors (Lipinski definition) is 0. The van der Waals surface area contributed by atoms with Crippen LogP contribution in [0, 0.1) is 31.1 Å². The predicted molar refractivity (Wildman–Crippen MR) is 101 cm³/mol. The molecule has 0 heteroatoms. The maximum atomic E-state index is 2.57. The predicted octanol–water partition coefficient (Wildman–Crippen LogP) is 6.56. The molecular formula is C23H32. The van der Waals surface area contributed by atoms with Crippen LogP contribution in [0.25, 0.3) is 0 Å². The summed E-state index contributed by atoms with van der Waals surface area (Å²) in [7, 11) is 0. The molecule has 3 rings (SSSR count). The number of fused-ring (bicyclic) bond motifs is 1. The van der Waals surface area contributed by atoms with Gasteiger partial charge in [-0.05, 0) is 79.9 Å². The van der Waals surface area contributed by atoms with E-state index in [0.717, 1.165) is 12.3 Å². The van der Waals surface area contributed by atoms with Gasteiger partial charge in [-0.1, -0.05) is 62.3 Å². The molecule has 0 saturated heterocycles. The number of aryl methyl sites for hydroxylation is 2. The summed E-state index contributed by atoms with van der Waals surface area (Å²) in [6.45, 7) is 11.8. The van der Waals surface area contributed by atoms with Crippen molar-refractivity contribution in [2.24, 2.45) is 17.3 Å². The third kappa shape index (κ3) is 3.47. The first-order valence-electron chi connectivity index (χ1n) is 9.33. The topological polar surface area (TPSA) is 0 Å². The highest BCUT2D eigenvalue weighted by molar-refractivity contribution is 5.38. The third-order valence-corrected chi connectivity index (χ3v) is 6.28. The van der Waals surface area contributed by atoms with Crippen LogP contribution < -0.4 is 0 Å². The van der Waals surface area contributed by atoms with E-state index >= 15 is 0 Å². The van der Waals surface area contributed by atoms with Crippen molar-refractivity contribution in [2.75, 3.05) is 0 Å². The van der Waals surface area contributed by atoms with Gasteiger partial charge in [0.1, 0.15) is 0 Å². The van der Waals surface area contributed by atoms with Gasteiger partial charge in [-0.3, -0.25) is 0 Å². The molecule has 0 bridgehead atoms. The van der Waals surface area contributed by atoms with Crippen molar-refractivity contribution in [3.8, 4) is 0 Å². The molecule has 0 N–H and O–H groups in total. The lowest BCUT2D eigenvalue weighted by molar-refractivity contribution is 0.203. The molecule has 1 aromatic carbocycles. The van der Waals surface area contributed by atoms with Gasteiger partial charge in [0.25, 0.3) is 0 Å². The van der Waals surface area contributed by atoms with Crippen molar-refractivity contribution in [1.29, 1.82) is 0 Å². The molecule has 0 amide bonds. The average Bonchev–Trinajstić information content (AvgIpc) is 2.62. The summed E-state index contributed by atoms with van der Waals surface area (Å²) in [6.07, 6.45) is 11.5. The molecule has 0 aliphatic heterocycles. The Labute approximate surface area is 142 Å². The molecular weight excluding hydrogens is 276 g/mol. The number of benzene rings is 1. The zero-order valence-electron chi connectivity index (χ0n) is 15.6. The Morgan fingerprint density at radius 2 is 1.91 bits per heavy atom. The van der Waals surface area contributed by atoms with Gasteiger partial charge in [0.15, 0.2) is 0 Å². The lowest BCUT2D eigenvalue weighted by Crippen LogP contribution is -2.27. The zero-order valence-corrected chi connectivity index (χ0v) is 15.6. The third-order valence-electron chi connectivity index (χ3n) is 6.28. The molecule has 0 radical (unpaired) electrons. The fourth-order valence-electron chi connectivity index (χ4n) is 4.54. The van der Waals surface area contributed by atoms with Crippen LogP contribution in [-0.4, -0.2) is 0 Å². The Morgan fingerprint density at radius 1 is 1.13 bits per heavy atom. The van der Waals surface area contributed by atoms with Gasteiger partial charge in [-0.25, -0.2) is 0 Å². The van der Waals surface area contributed by atoms with Crippen molar-refractivity contribution < 1.29 is 0 Å².